The van der Waals surface area contributed by atoms with Crippen molar-refractivity contribution >= 4 is 0 Å². The SMILES string of the molecule is C#N.[C-]#[O+].[C-]#[O+].[C-]#[O+].[C-]#[O+].[C-]#[O+].[Cr]. The van der Waals surface area contributed by atoms with Crippen LogP contribution in [0, 0.1) is 45.1 Å². The molecule has 0 aromatic heterocycles. The average molecular weight is 219 g/mol. The second-order valence-corrected chi connectivity index (χ2v) is 0. The van der Waals surface area contributed by atoms with Crippen molar-refractivity contribution in [3.8, 4) is 6.57 Å². The van der Waals surface area contributed by atoms with Gasteiger partial charge >= 0.3 is 56.5 Å². The number of nitriles is 1. The summed E-state index contributed by atoms with van der Waals surface area (Å²) in [6.45, 7) is 26.0. The van der Waals surface area contributed by atoms with Crippen LogP contribution in [0.5, 0.6) is 0 Å². The Kier molecular flexibility index (Phi) is 2890. The van der Waals surface area contributed by atoms with Crippen molar-refractivity contribution in [1.82, 2.24) is 0 Å². The first kappa shape index (κ1) is 60.4. The molecule has 0 saturated heterocycles. The van der Waals surface area contributed by atoms with Gasteiger partial charge in [-0.05, 0) is 0 Å². The molecule has 0 aromatic rings. The number of hydrogen-bond acceptors (Lipinski definition) is 1. The van der Waals surface area contributed by atoms with E-state index < -0.39 is 0 Å². The van der Waals surface area contributed by atoms with Crippen LogP contribution in [-0.4, -0.2) is 0 Å². The fraction of sp³-hybridized carbons (Fsp3) is 0. The topological polar surface area (TPSA) is 123 Å². The van der Waals surface area contributed by atoms with Gasteiger partial charge in [0, 0.05) is 23.9 Å². The maximum Gasteiger partial charge on any atom is 0 e. The van der Waals surface area contributed by atoms with Gasteiger partial charge in [-0.25, -0.2) is 5.26 Å². The van der Waals surface area contributed by atoms with Crippen LogP contribution in [0.25, 0.3) is 0 Å². The van der Waals surface area contributed by atoms with Gasteiger partial charge in [0.15, 0.2) is 0 Å². The van der Waals surface area contributed by atoms with Gasteiger partial charge in [0.05, 0.1) is 0 Å². The second kappa shape index (κ2) is 621. The summed E-state index contributed by atoms with van der Waals surface area (Å²) in [5.41, 5.74) is 0. The van der Waals surface area contributed by atoms with Crippen LogP contribution < -0.4 is 0 Å². The van der Waals surface area contributed by atoms with Gasteiger partial charge in [-0.3, -0.25) is 0 Å². The Morgan fingerprint density at radius 2 is 0.538 bits per heavy atom. The molecule has 13 heavy (non-hydrogen) atoms. The Morgan fingerprint density at radius 3 is 0.538 bits per heavy atom. The normalized spacial score (nSPS) is 0.923. The van der Waals surface area contributed by atoms with Crippen LogP contribution in [0.4, 0.5) is 0 Å². The van der Waals surface area contributed by atoms with E-state index in [0.717, 1.165) is 0 Å². The van der Waals surface area contributed by atoms with E-state index in [2.05, 4.69) is 39.8 Å². The molecule has 0 heterocycles. The second-order valence-electron chi connectivity index (χ2n) is 0. The molecule has 7 heteroatoms. The summed E-state index contributed by atoms with van der Waals surface area (Å²) in [7, 11) is 0. The molecule has 0 radical (unpaired) electrons. The summed E-state index contributed by atoms with van der Waals surface area (Å²) in [6.07, 6.45) is 0. The van der Waals surface area contributed by atoms with Gasteiger partial charge in [-0.15, -0.1) is 0 Å². The minimum absolute atomic E-state index is 0. The Hall–Kier alpha value is -1.28. The summed E-state index contributed by atoms with van der Waals surface area (Å²) < 4.78 is 37.5. The molecule has 0 spiro atoms. The monoisotopic (exact) mass is 219 g/mol. The Morgan fingerprint density at radius 1 is 0.538 bits per heavy atom. The molecule has 0 rings (SSSR count). The quantitative estimate of drug-likeness (QED) is 0.411. The fourth-order valence-electron chi connectivity index (χ4n) is 0. The van der Waals surface area contributed by atoms with Crippen molar-refractivity contribution in [2.24, 2.45) is 0 Å². The zero-order valence-corrected chi connectivity index (χ0v) is 7.25. The number of hydrogen-bond donors (Lipinski definition) is 0. The molecule has 0 saturated carbocycles. The van der Waals surface area contributed by atoms with E-state index in [-0.39, 0.29) is 17.4 Å². The molecule has 0 unspecified atom stereocenters. The third-order valence-electron chi connectivity index (χ3n) is 0. The van der Waals surface area contributed by atoms with Gasteiger partial charge < -0.3 is 0 Å². The van der Waals surface area contributed by atoms with Crippen molar-refractivity contribution in [1.29, 1.82) is 5.26 Å². The molecular weight excluding hydrogens is 218 g/mol. The molecule has 6 nitrogen and oxygen atoms in total. The largest absolute Gasteiger partial charge is 0 e. The van der Waals surface area contributed by atoms with Gasteiger partial charge in [0.1, 0.15) is 0 Å². The van der Waals surface area contributed by atoms with Crippen molar-refractivity contribution in [3.05, 3.63) is 33.3 Å². The molecule has 0 aliphatic rings. The standard InChI is InChI=1S/CHN.5CO.Cr/c6*1-2;/h1H;;;;;;. The van der Waals surface area contributed by atoms with Gasteiger partial charge in [0.25, 0.3) is 0 Å². The Balaban J connectivity index is -0.00000000655. The molecule has 0 aromatic carbocycles. The molecule has 0 aliphatic carbocycles. The Bertz CT molecular complexity index is 96.0. The van der Waals surface area contributed by atoms with Crippen molar-refractivity contribution in [2.75, 3.05) is 0 Å². The van der Waals surface area contributed by atoms with Gasteiger partial charge in [-0.1, -0.05) is 0 Å². The first-order valence-corrected chi connectivity index (χ1v) is 1.28. The predicted molar refractivity (Wildman–Crippen MR) is 26.3 cm³/mol. The predicted octanol–water partition coefficient (Wildman–Crippen LogP) is -0.0503. The maximum atomic E-state index is 7.50. The van der Waals surface area contributed by atoms with E-state index in [1.807, 2.05) is 0 Å². The van der Waals surface area contributed by atoms with E-state index >= 15 is 0 Å². The molecule has 0 amide bonds. The number of nitrogens with zero attached hydrogens (tertiary/aromatic N) is 1. The van der Waals surface area contributed by atoms with Crippen LogP contribution >= 0.6 is 0 Å². The maximum absolute atomic E-state index is 7.50. The van der Waals surface area contributed by atoms with E-state index in [1.54, 1.807) is 0 Å². The smallest absolute Gasteiger partial charge is 0 e. The van der Waals surface area contributed by atoms with Crippen molar-refractivity contribution < 1.29 is 40.6 Å². The molecule has 0 atom stereocenters. The van der Waals surface area contributed by atoms with Crippen molar-refractivity contribution in [2.45, 2.75) is 0 Å². The van der Waals surface area contributed by atoms with E-state index in [9.17, 15) is 0 Å². The van der Waals surface area contributed by atoms with Crippen LogP contribution in [0.15, 0.2) is 0 Å². The molecule has 0 aliphatic heterocycles. The molecule has 0 bridgehead atoms. The van der Waals surface area contributed by atoms with Gasteiger partial charge in [0.2, 0.25) is 0 Å². The first-order valence-electron chi connectivity index (χ1n) is 1.28. The summed E-state index contributed by atoms with van der Waals surface area (Å²) in [5, 5.41) is 6.50. The fourth-order valence-corrected chi connectivity index (χ4v) is 0. The zero-order chi connectivity index (χ0) is 12.0. The summed E-state index contributed by atoms with van der Waals surface area (Å²) >= 11 is 0. The van der Waals surface area contributed by atoms with Crippen LogP contribution in [0.2, 0.25) is 0 Å². The summed E-state index contributed by atoms with van der Waals surface area (Å²) in [4.78, 5) is 0. The van der Waals surface area contributed by atoms with E-state index in [4.69, 9.17) is 28.5 Å². The molecule has 66 valence electrons. The van der Waals surface area contributed by atoms with Crippen LogP contribution in [0.1, 0.15) is 0 Å². The number of rotatable bonds is 0. The molecule has 0 N–H and O–H groups in total. The minimum atomic E-state index is 0. The minimum Gasteiger partial charge on any atom is 0 e. The summed E-state index contributed by atoms with van der Waals surface area (Å²) in [6, 6.07) is 0. The summed E-state index contributed by atoms with van der Waals surface area (Å²) in [5.74, 6) is 0. The third kappa shape index (κ3) is 500. The van der Waals surface area contributed by atoms with Crippen LogP contribution in [-0.2, 0) is 40.6 Å². The zero-order valence-electron chi connectivity index (χ0n) is 5.97. The van der Waals surface area contributed by atoms with Crippen molar-refractivity contribution in [3.63, 3.8) is 0 Å². The van der Waals surface area contributed by atoms with E-state index in [1.165, 1.54) is 0 Å². The average Bonchev–Trinajstić information content (AvgIpc) is 2.33. The molecule has 0 fully saturated rings. The third-order valence-corrected chi connectivity index (χ3v) is 0. The van der Waals surface area contributed by atoms with Gasteiger partial charge in [-0.2, -0.15) is 0 Å². The molecular formula is C6HCrNO5. The first-order chi connectivity index (χ1) is 6.00. The Labute approximate surface area is 86.3 Å². The van der Waals surface area contributed by atoms with Crippen LogP contribution in [0.3, 0.4) is 0 Å². The van der Waals surface area contributed by atoms with E-state index in [0.29, 0.717) is 0 Å².